The van der Waals surface area contributed by atoms with Crippen molar-refractivity contribution >= 4 is 59.1 Å². The van der Waals surface area contributed by atoms with Crippen molar-refractivity contribution in [2.75, 3.05) is 61.5 Å². The van der Waals surface area contributed by atoms with Gasteiger partial charge in [0.05, 0.1) is 24.9 Å². The highest BCUT2D eigenvalue weighted by Gasteiger charge is 2.41. The molecule has 1 aromatic carbocycles. The largest absolute Gasteiger partial charge is 0.391 e. The first-order chi connectivity index (χ1) is 35.9. The van der Waals surface area contributed by atoms with Gasteiger partial charge in [-0.2, -0.15) is 0 Å². The summed E-state index contributed by atoms with van der Waals surface area (Å²) in [4.78, 5) is 150. The van der Waals surface area contributed by atoms with Crippen LogP contribution in [0.2, 0.25) is 0 Å². The van der Waals surface area contributed by atoms with Crippen LogP contribution in [0.5, 0.6) is 0 Å². The predicted molar refractivity (Wildman–Crippen MR) is 298 cm³/mol. The molecule has 5 N–H and O–H groups in total. The number of likely N-dealkylation sites (tertiary alicyclic amines) is 1. The maximum absolute atomic E-state index is 14.9. The van der Waals surface area contributed by atoms with E-state index in [9.17, 15) is 53.1 Å². The quantitative estimate of drug-likeness (QED) is 0.226. The van der Waals surface area contributed by atoms with Crippen molar-refractivity contribution in [3.05, 3.63) is 35.9 Å². The number of likely N-dealkylation sites (N-methyl/N-ethyl adjacent to an activating group) is 5. The first kappa shape index (κ1) is 65.1. The Labute approximate surface area is 462 Å². The number of nitrogens with zero attached hydrogens (tertiary/aromatic N) is 6. The van der Waals surface area contributed by atoms with Crippen LogP contribution in [0, 0.1) is 11.8 Å². The molecule has 1 aromatic rings. The van der Waals surface area contributed by atoms with E-state index in [1.807, 2.05) is 27.7 Å². The average Bonchev–Trinajstić information content (AvgIpc) is 3.37. The van der Waals surface area contributed by atoms with Gasteiger partial charge in [0.2, 0.25) is 59.1 Å². The molecule has 77 heavy (non-hydrogen) atoms. The van der Waals surface area contributed by atoms with Crippen molar-refractivity contribution in [3.63, 3.8) is 0 Å². The summed E-state index contributed by atoms with van der Waals surface area (Å²) in [6.45, 7) is 16.8. The Hall–Kier alpha value is -6.16. The number of nitrogens with one attached hydrogen (secondary N) is 4. The zero-order valence-corrected chi connectivity index (χ0v) is 48.3. The second kappa shape index (κ2) is 29.5. The first-order valence-electron chi connectivity index (χ1n) is 27.0. The number of carbonyl (C=O) groups is 10. The molecule has 2 heterocycles. The number of rotatable bonds is 10. The smallest absolute Gasteiger partial charge is 0.248 e. The third-order valence-electron chi connectivity index (χ3n) is 14.1. The van der Waals surface area contributed by atoms with E-state index in [0.29, 0.717) is 18.7 Å². The van der Waals surface area contributed by atoms with Crippen LogP contribution >= 0.6 is 0 Å². The summed E-state index contributed by atoms with van der Waals surface area (Å²) in [5.41, 5.74) is -0.103. The fourth-order valence-electron chi connectivity index (χ4n) is 9.24. The highest BCUT2D eigenvalue weighted by atomic mass is 16.5. The second-order valence-corrected chi connectivity index (χ2v) is 22.7. The molecule has 0 bridgehead atoms. The minimum Gasteiger partial charge on any atom is -0.391 e. The van der Waals surface area contributed by atoms with Crippen LogP contribution in [0.1, 0.15) is 125 Å². The Morgan fingerprint density at radius 3 is 1.77 bits per heavy atom. The van der Waals surface area contributed by atoms with Gasteiger partial charge in [0, 0.05) is 66.9 Å². The number of hydrogen-bond acceptors (Lipinski definition) is 12. The number of aliphatic hydroxyl groups excluding tert-OH is 1. The van der Waals surface area contributed by atoms with E-state index in [2.05, 4.69) is 21.3 Å². The molecule has 2 fully saturated rings. The lowest BCUT2D eigenvalue weighted by Gasteiger charge is -2.38. The zero-order chi connectivity index (χ0) is 58.2. The monoisotopic (exact) mass is 1090 g/mol. The molecule has 0 aliphatic carbocycles. The van der Waals surface area contributed by atoms with E-state index < -0.39 is 126 Å². The minimum atomic E-state index is -1.60. The molecule has 3 rings (SSSR count). The molecule has 2 aliphatic rings. The summed E-state index contributed by atoms with van der Waals surface area (Å²) >= 11 is 0. The van der Waals surface area contributed by atoms with Gasteiger partial charge in [0.15, 0.2) is 0 Å². The summed E-state index contributed by atoms with van der Waals surface area (Å²) in [6.07, 6.45) is 0.604. The number of piperidine rings is 1. The Bertz CT molecular complexity index is 2240. The third kappa shape index (κ3) is 19.4. The van der Waals surface area contributed by atoms with E-state index in [0.717, 1.165) is 34.0 Å². The fraction of sp³-hybridized carbons (Fsp3) is 0.709. The lowest BCUT2D eigenvalue weighted by molar-refractivity contribution is -0.152. The SMILES string of the molecule is CC(C)C[C@H]1C(=O)N[C@@H](COC(C)(C)C)C(=O)N[C@H](C(=O)N2CCCCC2)CCC(=O)N[C@@H](C)C(=O)N(C)[C@@H](C)C(=O)N(C)[C@@H](Cc2ccccc2)C(=O)N(C)[C@@H](CC(C)C)C(=O)N[C@@H]([C@@H](C)O)C(=O)N(C)CC(=O)N1C.[HH].[HH].[HH].[HH]. The van der Waals surface area contributed by atoms with Crippen LogP contribution in [0.15, 0.2) is 30.3 Å². The molecule has 440 valence electrons. The normalized spacial score (nSPS) is 26.2. The Balaban J connectivity index is 0. The number of carbonyl (C=O) groups excluding carboxylic acids is 10. The molecule has 2 aliphatic heterocycles. The molecule has 0 radical (unpaired) electrons. The van der Waals surface area contributed by atoms with Gasteiger partial charge in [-0.15, -0.1) is 0 Å². The predicted octanol–water partition coefficient (Wildman–Crippen LogP) is 2.05. The summed E-state index contributed by atoms with van der Waals surface area (Å²) in [5, 5.41) is 21.8. The molecule has 10 amide bonds. The molecule has 22 nitrogen and oxygen atoms in total. The maximum atomic E-state index is 14.9. The van der Waals surface area contributed by atoms with Crippen molar-refractivity contribution in [1.29, 1.82) is 0 Å². The van der Waals surface area contributed by atoms with E-state index in [1.54, 1.807) is 56.0 Å². The summed E-state index contributed by atoms with van der Waals surface area (Å²) in [7, 11) is 6.92. The molecule has 0 unspecified atom stereocenters. The molecule has 0 aromatic heterocycles. The van der Waals surface area contributed by atoms with Crippen LogP contribution in [-0.2, 0) is 59.1 Å². The second-order valence-electron chi connectivity index (χ2n) is 22.7. The van der Waals surface area contributed by atoms with Gasteiger partial charge in [0.1, 0.15) is 48.3 Å². The van der Waals surface area contributed by atoms with Crippen LogP contribution in [0.3, 0.4) is 0 Å². The highest BCUT2D eigenvalue weighted by Crippen LogP contribution is 2.20. The number of ether oxygens (including phenoxy) is 1. The molecule has 0 spiro atoms. The van der Waals surface area contributed by atoms with Crippen molar-refractivity contribution < 1.29 is 63.5 Å². The van der Waals surface area contributed by atoms with Crippen molar-refractivity contribution in [2.45, 2.75) is 181 Å². The van der Waals surface area contributed by atoms with Gasteiger partial charge in [-0.1, -0.05) is 58.0 Å². The first-order valence-corrected chi connectivity index (χ1v) is 27.0. The third-order valence-corrected chi connectivity index (χ3v) is 14.1. The number of aliphatic hydroxyl groups is 1. The molecule has 0 saturated carbocycles. The number of benzene rings is 1. The van der Waals surface area contributed by atoms with Gasteiger partial charge < -0.3 is 60.5 Å². The Kier molecular flexibility index (Phi) is 25.0. The lowest BCUT2D eigenvalue weighted by atomic mass is 9.98. The number of amides is 10. The standard InChI is InChI=1S/C55H90N10O12.4H2/c1-33(2)28-41-48(70)58-40(32-77-55(8,9)10)47(69)57-39(52(74)65-26-20-17-21-27-65)24-25-44(67)56-35(5)50(72)61(12)36(6)51(73)64(15)43(30-38-22-18-16-19-23-38)53(75)63(14)42(29-34(3)4)49(71)59-46(37(7)66)54(76)60(11)31-45(68)62(41)13;;;;/h16,18-19,22-23,33-37,39-43,46,66H,17,20-21,24-32H2,1-15H3,(H,56,67)(H,57,69)(H,58,70)(H,59,71);4*1H/t35-,36-,37+,39-,40-,41-,42-,43-,46-;;;;/m0..../s1. The topological polar surface area (TPSA) is 268 Å². The van der Waals surface area contributed by atoms with Gasteiger partial charge in [0.25, 0.3) is 0 Å². The van der Waals surface area contributed by atoms with Crippen molar-refractivity contribution in [2.24, 2.45) is 11.8 Å². The van der Waals surface area contributed by atoms with E-state index in [-0.39, 0.29) is 56.3 Å². The molecule has 9 atom stereocenters. The molecule has 2 saturated heterocycles. The van der Waals surface area contributed by atoms with E-state index >= 15 is 0 Å². The van der Waals surface area contributed by atoms with E-state index in [1.165, 1.54) is 65.8 Å². The minimum absolute atomic E-state index is 0. The highest BCUT2D eigenvalue weighted by molar-refractivity contribution is 5.98. The Morgan fingerprint density at radius 1 is 0.675 bits per heavy atom. The summed E-state index contributed by atoms with van der Waals surface area (Å²) < 4.78 is 6.01. The fourth-order valence-corrected chi connectivity index (χ4v) is 9.24. The zero-order valence-electron chi connectivity index (χ0n) is 48.3. The van der Waals surface area contributed by atoms with Crippen LogP contribution in [0.25, 0.3) is 0 Å². The van der Waals surface area contributed by atoms with Gasteiger partial charge in [-0.05, 0) is 97.5 Å². The number of hydrogen-bond donors (Lipinski definition) is 5. The van der Waals surface area contributed by atoms with Crippen LogP contribution in [0.4, 0.5) is 0 Å². The van der Waals surface area contributed by atoms with Gasteiger partial charge in [-0.25, -0.2) is 0 Å². The molecular formula is C55H98N10O12. The Morgan fingerprint density at radius 2 is 1.22 bits per heavy atom. The summed E-state index contributed by atoms with van der Waals surface area (Å²) in [5.74, 6) is -7.17. The van der Waals surface area contributed by atoms with Crippen LogP contribution < -0.4 is 21.3 Å². The van der Waals surface area contributed by atoms with Crippen molar-refractivity contribution in [3.8, 4) is 0 Å². The molecule has 22 heteroatoms. The van der Waals surface area contributed by atoms with Gasteiger partial charge >= 0.3 is 0 Å². The lowest BCUT2D eigenvalue weighted by Crippen LogP contribution is -2.61. The van der Waals surface area contributed by atoms with Crippen LogP contribution in [-0.4, -0.2) is 215 Å². The van der Waals surface area contributed by atoms with Gasteiger partial charge in [-0.3, -0.25) is 47.9 Å². The van der Waals surface area contributed by atoms with Crippen molar-refractivity contribution in [1.82, 2.24) is 50.7 Å². The van der Waals surface area contributed by atoms with E-state index in [4.69, 9.17) is 4.74 Å². The average molecular weight is 1090 g/mol. The molecular weight excluding hydrogens is 993 g/mol. The maximum Gasteiger partial charge on any atom is 0.248 e. The summed E-state index contributed by atoms with van der Waals surface area (Å²) in [6, 6.07) is -1.32.